The summed E-state index contributed by atoms with van der Waals surface area (Å²) in [6.45, 7) is 2.23. The van der Waals surface area contributed by atoms with Crippen LogP contribution in [0.2, 0.25) is 0 Å². The zero-order valence-electron chi connectivity index (χ0n) is 11.7. The van der Waals surface area contributed by atoms with Gasteiger partial charge in [-0.2, -0.15) is 0 Å². The molecule has 1 amide bonds. The Balaban J connectivity index is 1.67. The first kappa shape index (κ1) is 15.1. The molecule has 3 nitrogen and oxygen atoms in total. The van der Waals surface area contributed by atoms with Crippen molar-refractivity contribution in [2.24, 2.45) is 5.92 Å². The molecule has 0 saturated carbocycles. The van der Waals surface area contributed by atoms with Gasteiger partial charge < -0.3 is 10.4 Å². The molecule has 0 unspecified atom stereocenters. The van der Waals surface area contributed by atoms with Crippen LogP contribution in [0, 0.1) is 12.8 Å². The summed E-state index contributed by atoms with van der Waals surface area (Å²) in [5.41, 5.74) is 2.50. The molecule has 0 fully saturated rings. The van der Waals surface area contributed by atoms with Gasteiger partial charge in [0.05, 0.1) is 5.75 Å². The zero-order valence-corrected chi connectivity index (χ0v) is 12.5. The summed E-state index contributed by atoms with van der Waals surface area (Å²) in [5.74, 6) is 1.59. The number of rotatable bonds is 6. The van der Waals surface area contributed by atoms with Crippen molar-refractivity contribution in [1.82, 2.24) is 5.32 Å². The van der Waals surface area contributed by atoms with E-state index in [2.05, 4.69) is 30.4 Å². The smallest absolute Gasteiger partial charge is 0.230 e. The van der Waals surface area contributed by atoms with Gasteiger partial charge in [-0.15, -0.1) is 11.8 Å². The summed E-state index contributed by atoms with van der Waals surface area (Å²) in [6, 6.07) is 8.44. The Hall–Kier alpha value is -1.26. The first-order valence-corrected chi connectivity index (χ1v) is 8.04. The van der Waals surface area contributed by atoms with E-state index in [4.69, 9.17) is 5.11 Å². The molecule has 1 aromatic carbocycles. The van der Waals surface area contributed by atoms with E-state index in [1.807, 2.05) is 18.2 Å². The highest BCUT2D eigenvalue weighted by Crippen LogP contribution is 2.17. The van der Waals surface area contributed by atoms with Crippen LogP contribution in [-0.2, 0) is 10.5 Å². The molecule has 2 atom stereocenters. The fraction of sp³-hybridized carbons (Fsp3) is 0.438. The van der Waals surface area contributed by atoms with Gasteiger partial charge in [-0.3, -0.25) is 4.79 Å². The molecular formula is C16H21NO2S. The number of nitrogens with one attached hydrogen (secondary N) is 1. The largest absolute Gasteiger partial charge is 0.396 e. The van der Waals surface area contributed by atoms with Crippen LogP contribution < -0.4 is 5.32 Å². The van der Waals surface area contributed by atoms with E-state index in [0.29, 0.717) is 5.75 Å². The van der Waals surface area contributed by atoms with E-state index in [1.54, 1.807) is 11.8 Å². The standard InChI is InChI=1S/C16H21NO2S/c1-12-3-2-4-14(7-12)10-20-11-16(19)17-15-6-5-13(8-15)9-18/h2-7,13,15,18H,8-11H2,1H3,(H,17,19)/t13-,15+/m0/s1. The predicted octanol–water partition coefficient (Wildman–Crippen LogP) is 2.28. The van der Waals surface area contributed by atoms with Crippen molar-refractivity contribution in [3.05, 3.63) is 47.5 Å². The molecule has 0 aliphatic heterocycles. The number of carbonyl (C=O) groups excluding carboxylic acids is 1. The number of aliphatic hydroxyl groups is 1. The Kier molecular flexibility index (Phi) is 5.68. The van der Waals surface area contributed by atoms with Crippen molar-refractivity contribution in [1.29, 1.82) is 0 Å². The molecule has 0 radical (unpaired) electrons. The van der Waals surface area contributed by atoms with Crippen LogP contribution in [0.15, 0.2) is 36.4 Å². The van der Waals surface area contributed by atoms with Crippen molar-refractivity contribution >= 4 is 17.7 Å². The molecule has 0 aromatic heterocycles. The van der Waals surface area contributed by atoms with Gasteiger partial charge in [0, 0.05) is 24.3 Å². The molecule has 0 spiro atoms. The van der Waals surface area contributed by atoms with E-state index in [1.165, 1.54) is 11.1 Å². The average molecular weight is 291 g/mol. The van der Waals surface area contributed by atoms with Gasteiger partial charge in [0.1, 0.15) is 0 Å². The Morgan fingerprint density at radius 2 is 2.30 bits per heavy atom. The van der Waals surface area contributed by atoms with Gasteiger partial charge in [-0.05, 0) is 18.9 Å². The van der Waals surface area contributed by atoms with Crippen molar-refractivity contribution < 1.29 is 9.90 Å². The molecule has 1 aromatic rings. The van der Waals surface area contributed by atoms with Crippen molar-refractivity contribution in [3.8, 4) is 0 Å². The highest BCUT2D eigenvalue weighted by Gasteiger charge is 2.19. The summed E-state index contributed by atoms with van der Waals surface area (Å²) < 4.78 is 0. The first-order chi connectivity index (χ1) is 9.67. The number of aryl methyl sites for hydroxylation is 1. The van der Waals surface area contributed by atoms with E-state index >= 15 is 0 Å². The molecule has 20 heavy (non-hydrogen) atoms. The molecule has 108 valence electrons. The highest BCUT2D eigenvalue weighted by atomic mass is 32.2. The lowest BCUT2D eigenvalue weighted by molar-refractivity contribution is -0.119. The molecule has 4 heteroatoms. The quantitative estimate of drug-likeness (QED) is 0.791. The van der Waals surface area contributed by atoms with Gasteiger partial charge >= 0.3 is 0 Å². The van der Waals surface area contributed by atoms with E-state index in [-0.39, 0.29) is 24.5 Å². The maximum absolute atomic E-state index is 11.8. The molecule has 1 aliphatic rings. The normalized spacial score (nSPS) is 21.1. The first-order valence-electron chi connectivity index (χ1n) is 6.89. The number of hydrogen-bond donors (Lipinski definition) is 2. The summed E-state index contributed by atoms with van der Waals surface area (Å²) >= 11 is 1.63. The number of aliphatic hydroxyl groups excluding tert-OH is 1. The fourth-order valence-electron chi connectivity index (χ4n) is 2.33. The van der Waals surface area contributed by atoms with Gasteiger partial charge in [0.25, 0.3) is 0 Å². The second-order valence-electron chi connectivity index (χ2n) is 5.22. The Bertz CT molecular complexity index is 487. The minimum Gasteiger partial charge on any atom is -0.396 e. The average Bonchev–Trinajstić information content (AvgIpc) is 2.86. The Morgan fingerprint density at radius 3 is 3.00 bits per heavy atom. The van der Waals surface area contributed by atoms with Crippen LogP contribution >= 0.6 is 11.8 Å². The molecule has 0 bridgehead atoms. The Morgan fingerprint density at radius 1 is 1.45 bits per heavy atom. The maximum Gasteiger partial charge on any atom is 0.230 e. The number of hydrogen-bond acceptors (Lipinski definition) is 3. The SMILES string of the molecule is Cc1cccc(CSCC(=O)N[C@@H]2C=C[C@H](CO)C2)c1. The number of benzene rings is 1. The van der Waals surface area contributed by atoms with Crippen LogP contribution in [-0.4, -0.2) is 29.4 Å². The van der Waals surface area contributed by atoms with Crippen molar-refractivity contribution in [2.45, 2.75) is 25.1 Å². The summed E-state index contributed by atoms with van der Waals surface area (Å²) in [4.78, 5) is 11.8. The summed E-state index contributed by atoms with van der Waals surface area (Å²) in [7, 11) is 0. The van der Waals surface area contributed by atoms with E-state index < -0.39 is 0 Å². The maximum atomic E-state index is 11.8. The third-order valence-corrected chi connectivity index (χ3v) is 4.34. The summed E-state index contributed by atoms with van der Waals surface area (Å²) in [6.07, 6.45) is 4.76. The van der Waals surface area contributed by atoms with Crippen LogP contribution in [0.5, 0.6) is 0 Å². The second-order valence-corrected chi connectivity index (χ2v) is 6.20. The van der Waals surface area contributed by atoms with E-state index in [9.17, 15) is 4.79 Å². The van der Waals surface area contributed by atoms with E-state index in [0.717, 1.165) is 12.2 Å². The van der Waals surface area contributed by atoms with Gasteiger partial charge in [0.2, 0.25) is 5.91 Å². The molecular weight excluding hydrogens is 270 g/mol. The number of amides is 1. The lowest BCUT2D eigenvalue weighted by Gasteiger charge is -2.12. The monoisotopic (exact) mass is 291 g/mol. The fourth-order valence-corrected chi connectivity index (χ4v) is 3.11. The molecule has 2 N–H and O–H groups in total. The lowest BCUT2D eigenvalue weighted by Crippen LogP contribution is -2.34. The zero-order chi connectivity index (χ0) is 14.4. The number of thioether (sulfide) groups is 1. The van der Waals surface area contributed by atoms with Crippen LogP contribution in [0.25, 0.3) is 0 Å². The van der Waals surface area contributed by atoms with Gasteiger partial charge in [-0.1, -0.05) is 42.0 Å². The van der Waals surface area contributed by atoms with Gasteiger partial charge in [0.15, 0.2) is 0 Å². The lowest BCUT2D eigenvalue weighted by atomic mass is 10.1. The minimum atomic E-state index is 0.0656. The molecule has 0 saturated heterocycles. The molecule has 1 aliphatic carbocycles. The third kappa shape index (κ3) is 4.69. The topological polar surface area (TPSA) is 49.3 Å². The van der Waals surface area contributed by atoms with Crippen LogP contribution in [0.4, 0.5) is 0 Å². The van der Waals surface area contributed by atoms with Gasteiger partial charge in [-0.25, -0.2) is 0 Å². The number of carbonyl (C=O) groups is 1. The summed E-state index contributed by atoms with van der Waals surface area (Å²) in [5, 5.41) is 12.0. The second kappa shape index (κ2) is 7.50. The Labute approximate surface area is 124 Å². The highest BCUT2D eigenvalue weighted by molar-refractivity contribution is 7.99. The molecule has 2 rings (SSSR count). The van der Waals surface area contributed by atoms with Crippen molar-refractivity contribution in [2.75, 3.05) is 12.4 Å². The van der Waals surface area contributed by atoms with Crippen LogP contribution in [0.1, 0.15) is 17.5 Å². The third-order valence-electron chi connectivity index (χ3n) is 3.34. The minimum absolute atomic E-state index is 0.0656. The van der Waals surface area contributed by atoms with Crippen molar-refractivity contribution in [3.63, 3.8) is 0 Å². The van der Waals surface area contributed by atoms with Crippen LogP contribution in [0.3, 0.4) is 0 Å². The predicted molar refractivity (Wildman–Crippen MR) is 83.6 cm³/mol. The molecule has 0 heterocycles.